The number of esters is 1. The van der Waals surface area contributed by atoms with E-state index in [1.54, 1.807) is 0 Å². The Kier molecular flexibility index (Phi) is 5.44. The van der Waals surface area contributed by atoms with E-state index in [0.29, 0.717) is 24.5 Å². The molecule has 3 heteroatoms. The Morgan fingerprint density at radius 1 is 1.35 bits per heavy atom. The maximum atomic E-state index is 10.9. The zero-order valence-electron chi connectivity index (χ0n) is 11.6. The maximum absolute atomic E-state index is 10.9. The molecule has 0 aromatic heterocycles. The fraction of sp³-hybridized carbons (Fsp3) is 0.929. The van der Waals surface area contributed by atoms with Gasteiger partial charge in [0.2, 0.25) is 0 Å². The van der Waals surface area contributed by atoms with Crippen LogP contribution in [0.25, 0.3) is 0 Å². The predicted octanol–water partition coefficient (Wildman–Crippen LogP) is 3.17. The van der Waals surface area contributed by atoms with Crippen LogP contribution >= 0.6 is 0 Å². The molecule has 2 unspecified atom stereocenters. The summed E-state index contributed by atoms with van der Waals surface area (Å²) in [7, 11) is 1.43. The number of rotatable bonds is 5. The van der Waals surface area contributed by atoms with Crippen LogP contribution in [0.5, 0.6) is 0 Å². The highest BCUT2D eigenvalue weighted by Gasteiger charge is 2.32. The first-order valence-corrected chi connectivity index (χ1v) is 6.61. The molecule has 100 valence electrons. The molecule has 1 rings (SSSR count). The Morgan fingerprint density at radius 2 is 2.06 bits per heavy atom. The molecular formula is C14H26O3. The van der Waals surface area contributed by atoms with Crippen LogP contribution in [0.15, 0.2) is 0 Å². The van der Waals surface area contributed by atoms with Gasteiger partial charge in [0.25, 0.3) is 0 Å². The first-order valence-electron chi connectivity index (χ1n) is 6.61. The topological polar surface area (TPSA) is 35.5 Å². The Balaban J connectivity index is 2.20. The SMILES string of the molecule is COC(=O)CCCOC1CC(C)CC(C)(C)C1. The first-order chi connectivity index (χ1) is 7.93. The van der Waals surface area contributed by atoms with E-state index in [1.165, 1.54) is 13.5 Å². The van der Waals surface area contributed by atoms with E-state index in [9.17, 15) is 4.79 Å². The van der Waals surface area contributed by atoms with Gasteiger partial charge in [-0.2, -0.15) is 0 Å². The molecule has 0 saturated heterocycles. The van der Waals surface area contributed by atoms with Crippen molar-refractivity contribution in [2.24, 2.45) is 11.3 Å². The zero-order valence-corrected chi connectivity index (χ0v) is 11.6. The van der Waals surface area contributed by atoms with E-state index in [0.717, 1.165) is 25.2 Å². The van der Waals surface area contributed by atoms with Gasteiger partial charge in [-0.15, -0.1) is 0 Å². The average Bonchev–Trinajstić information content (AvgIpc) is 2.21. The second-order valence-corrected chi connectivity index (χ2v) is 6.09. The van der Waals surface area contributed by atoms with Gasteiger partial charge in [0, 0.05) is 13.0 Å². The number of carbonyl (C=O) groups is 1. The van der Waals surface area contributed by atoms with Gasteiger partial charge < -0.3 is 9.47 Å². The number of hydrogen-bond donors (Lipinski definition) is 0. The van der Waals surface area contributed by atoms with Crippen LogP contribution in [0.3, 0.4) is 0 Å². The van der Waals surface area contributed by atoms with E-state index in [2.05, 4.69) is 25.5 Å². The van der Waals surface area contributed by atoms with E-state index in [4.69, 9.17) is 4.74 Å². The van der Waals surface area contributed by atoms with E-state index in [-0.39, 0.29) is 5.97 Å². The Morgan fingerprint density at radius 3 is 2.65 bits per heavy atom. The fourth-order valence-corrected chi connectivity index (χ4v) is 2.95. The van der Waals surface area contributed by atoms with Gasteiger partial charge in [0.15, 0.2) is 0 Å². The van der Waals surface area contributed by atoms with Crippen molar-refractivity contribution < 1.29 is 14.3 Å². The number of hydrogen-bond acceptors (Lipinski definition) is 3. The third-order valence-corrected chi connectivity index (χ3v) is 3.45. The lowest BCUT2D eigenvalue weighted by Crippen LogP contribution is -2.32. The second-order valence-electron chi connectivity index (χ2n) is 6.09. The van der Waals surface area contributed by atoms with Gasteiger partial charge in [-0.1, -0.05) is 20.8 Å². The van der Waals surface area contributed by atoms with Gasteiger partial charge in [-0.25, -0.2) is 0 Å². The van der Waals surface area contributed by atoms with E-state index in [1.807, 2.05) is 0 Å². The van der Waals surface area contributed by atoms with Gasteiger partial charge in [-0.3, -0.25) is 4.79 Å². The minimum absolute atomic E-state index is 0.147. The van der Waals surface area contributed by atoms with Crippen LogP contribution < -0.4 is 0 Å². The van der Waals surface area contributed by atoms with Crippen molar-refractivity contribution in [3.63, 3.8) is 0 Å². The van der Waals surface area contributed by atoms with Gasteiger partial charge in [0.1, 0.15) is 0 Å². The predicted molar refractivity (Wildman–Crippen MR) is 67.8 cm³/mol. The van der Waals surface area contributed by atoms with Crippen LogP contribution in [-0.4, -0.2) is 25.8 Å². The molecule has 0 aromatic carbocycles. The molecule has 0 heterocycles. The van der Waals surface area contributed by atoms with Crippen molar-refractivity contribution in [3.8, 4) is 0 Å². The normalized spacial score (nSPS) is 27.8. The maximum Gasteiger partial charge on any atom is 0.305 e. The van der Waals surface area contributed by atoms with Crippen LogP contribution in [-0.2, 0) is 14.3 Å². The van der Waals surface area contributed by atoms with Crippen molar-refractivity contribution in [1.29, 1.82) is 0 Å². The van der Waals surface area contributed by atoms with Gasteiger partial charge in [0.05, 0.1) is 13.2 Å². The highest BCUT2D eigenvalue weighted by molar-refractivity contribution is 5.68. The lowest BCUT2D eigenvalue weighted by Gasteiger charge is -2.38. The molecule has 1 saturated carbocycles. The summed E-state index contributed by atoms with van der Waals surface area (Å²) in [5.41, 5.74) is 0.394. The molecule has 1 aliphatic carbocycles. The molecule has 17 heavy (non-hydrogen) atoms. The van der Waals surface area contributed by atoms with Crippen LogP contribution in [0.1, 0.15) is 52.9 Å². The Labute approximate surface area is 105 Å². The van der Waals surface area contributed by atoms with Crippen LogP contribution in [0.4, 0.5) is 0 Å². The molecule has 0 N–H and O–H groups in total. The summed E-state index contributed by atoms with van der Waals surface area (Å²) in [6.45, 7) is 7.59. The monoisotopic (exact) mass is 242 g/mol. The summed E-state index contributed by atoms with van der Waals surface area (Å²) in [6, 6.07) is 0. The molecule has 1 aliphatic rings. The van der Waals surface area contributed by atoms with Crippen molar-refractivity contribution in [2.45, 2.75) is 59.0 Å². The summed E-state index contributed by atoms with van der Waals surface area (Å²) in [4.78, 5) is 10.9. The van der Waals surface area contributed by atoms with Crippen molar-refractivity contribution in [2.75, 3.05) is 13.7 Å². The van der Waals surface area contributed by atoms with E-state index >= 15 is 0 Å². The van der Waals surface area contributed by atoms with Crippen molar-refractivity contribution in [3.05, 3.63) is 0 Å². The second kappa shape index (κ2) is 6.39. The van der Waals surface area contributed by atoms with Crippen molar-refractivity contribution in [1.82, 2.24) is 0 Å². The van der Waals surface area contributed by atoms with Crippen molar-refractivity contribution >= 4 is 5.97 Å². The smallest absolute Gasteiger partial charge is 0.305 e. The molecule has 0 amide bonds. The molecular weight excluding hydrogens is 216 g/mol. The van der Waals surface area contributed by atoms with Gasteiger partial charge in [-0.05, 0) is 37.0 Å². The molecule has 0 bridgehead atoms. The van der Waals surface area contributed by atoms with Crippen LogP contribution in [0, 0.1) is 11.3 Å². The Bertz CT molecular complexity index is 248. The Hall–Kier alpha value is -0.570. The molecule has 1 fully saturated rings. The summed E-state index contributed by atoms with van der Waals surface area (Å²) in [5.74, 6) is 0.593. The van der Waals surface area contributed by atoms with E-state index < -0.39 is 0 Å². The number of carbonyl (C=O) groups excluding carboxylic acids is 1. The molecule has 0 radical (unpaired) electrons. The quantitative estimate of drug-likeness (QED) is 0.548. The molecule has 0 aliphatic heterocycles. The molecule has 0 aromatic rings. The first kappa shape index (κ1) is 14.5. The molecule has 3 nitrogen and oxygen atoms in total. The lowest BCUT2D eigenvalue weighted by molar-refractivity contribution is -0.141. The van der Waals surface area contributed by atoms with Crippen LogP contribution in [0.2, 0.25) is 0 Å². The highest BCUT2D eigenvalue weighted by Crippen LogP contribution is 2.39. The molecule has 0 spiro atoms. The minimum Gasteiger partial charge on any atom is -0.469 e. The lowest BCUT2D eigenvalue weighted by atomic mass is 9.71. The summed E-state index contributed by atoms with van der Waals surface area (Å²) in [5, 5.41) is 0. The largest absolute Gasteiger partial charge is 0.469 e. The average molecular weight is 242 g/mol. The number of methoxy groups -OCH3 is 1. The molecule has 2 atom stereocenters. The highest BCUT2D eigenvalue weighted by atomic mass is 16.5. The number of ether oxygens (including phenoxy) is 2. The minimum atomic E-state index is -0.147. The summed E-state index contributed by atoms with van der Waals surface area (Å²) >= 11 is 0. The standard InChI is InChI=1S/C14H26O3/c1-11-8-12(10-14(2,3)9-11)17-7-5-6-13(15)16-4/h11-12H,5-10H2,1-4H3. The third kappa shape index (κ3) is 5.53. The van der Waals surface area contributed by atoms with Gasteiger partial charge >= 0.3 is 5.97 Å². The fourth-order valence-electron chi connectivity index (χ4n) is 2.95. The summed E-state index contributed by atoms with van der Waals surface area (Å²) in [6.07, 6.45) is 5.17. The zero-order chi connectivity index (χ0) is 12.9. The third-order valence-electron chi connectivity index (χ3n) is 3.45. The summed E-state index contributed by atoms with van der Waals surface area (Å²) < 4.78 is 10.5.